The highest BCUT2D eigenvalue weighted by molar-refractivity contribution is 6.74. The first-order chi connectivity index (χ1) is 29.5. The number of esters is 2. The number of carbonyl (C=O) groups excluding carboxylic acids is 2. The Bertz CT molecular complexity index is 1720. The zero-order chi connectivity index (χ0) is 45.3. The number of carbonyl (C=O) groups is 2. The molecule has 13 heteroatoms. The van der Waals surface area contributed by atoms with E-state index in [4.69, 9.17) is 37.0 Å². The normalized spacial score (nSPS) is 33.2. The molecule has 0 spiro atoms. The van der Waals surface area contributed by atoms with Crippen molar-refractivity contribution in [2.24, 2.45) is 22.7 Å². The van der Waals surface area contributed by atoms with E-state index in [0.29, 0.717) is 25.0 Å². The Morgan fingerprint density at radius 2 is 1.56 bits per heavy atom. The number of hydrogen-bond donors (Lipinski definition) is 0. The van der Waals surface area contributed by atoms with Gasteiger partial charge in [0, 0.05) is 18.4 Å². The average Bonchev–Trinajstić information content (AvgIpc) is 4.03. The quantitative estimate of drug-likeness (QED) is 0.0713. The molecule has 9 unspecified atom stereocenters. The van der Waals surface area contributed by atoms with Gasteiger partial charge in [-0.3, -0.25) is 4.79 Å². The Labute approximate surface area is 377 Å². The molecule has 1 aromatic carbocycles. The van der Waals surface area contributed by atoms with Crippen molar-refractivity contribution < 1.29 is 46.6 Å². The molecule has 6 rings (SSSR count). The minimum absolute atomic E-state index is 0.132. The Morgan fingerprint density at radius 3 is 2.10 bits per heavy atom. The van der Waals surface area contributed by atoms with Crippen LogP contribution in [0.15, 0.2) is 54.1 Å². The van der Waals surface area contributed by atoms with Crippen LogP contribution in [0.3, 0.4) is 0 Å². The predicted octanol–water partition coefficient (Wildman–Crippen LogP) is 10.5. The van der Waals surface area contributed by atoms with E-state index in [0.717, 1.165) is 66.7 Å². The second kappa shape index (κ2) is 19.9. The molecule has 3 saturated carbocycles. The Morgan fingerprint density at radius 1 is 0.935 bits per heavy atom. The second-order valence-electron chi connectivity index (χ2n) is 20.1. The molecule has 5 fully saturated rings. The van der Waals surface area contributed by atoms with E-state index < -0.39 is 84.7 Å². The van der Waals surface area contributed by atoms with Gasteiger partial charge >= 0.3 is 11.9 Å². The van der Waals surface area contributed by atoms with Gasteiger partial charge in [0.1, 0.15) is 18.3 Å². The number of benzene rings is 1. The summed E-state index contributed by atoms with van der Waals surface area (Å²) < 4.78 is 56.4. The maximum Gasteiger partial charge on any atom is 0.338 e. The van der Waals surface area contributed by atoms with Crippen LogP contribution >= 0.6 is 0 Å². The molecule has 10 atom stereocenters. The summed E-state index contributed by atoms with van der Waals surface area (Å²) in [6, 6.07) is 15.1. The van der Waals surface area contributed by atoms with Crippen molar-refractivity contribution in [1.29, 1.82) is 0 Å². The van der Waals surface area contributed by atoms with Crippen molar-refractivity contribution in [1.82, 2.24) is 0 Å². The van der Waals surface area contributed by atoms with Gasteiger partial charge in [0.2, 0.25) is 0 Å². The lowest BCUT2D eigenvalue weighted by Gasteiger charge is -2.67. The molecule has 0 radical (unpaired) electrons. The molecule has 0 amide bonds. The molecular weight excluding hydrogens is 833 g/mol. The lowest BCUT2D eigenvalue weighted by Crippen LogP contribution is -2.79. The standard InChI is InChI=1S/C49H80O10Si3/c1-14-40-55-42-41(33(8)36(28-29-53-60(12)13)58-61(15-2,16-3)17-4)47(9,10)31-37(54-45(50)34-24-22-21-23-25-34)43-48(11,44(42)56-40)38(59-62(18-5,19-6)20-7)30-39-49(43,32-52-39)57-46(51)35-26-27-35/h14,21-25,35-40,42-44,60H,1,15-20,26-32H2,2-13H3/b41-33-/t36?,37?,38?,39?,40?,42?,43?,44?,48-,49?/m1/s1. The lowest BCUT2D eigenvalue weighted by molar-refractivity contribution is -0.346. The van der Waals surface area contributed by atoms with E-state index in [9.17, 15) is 9.59 Å². The van der Waals surface area contributed by atoms with Gasteiger partial charge in [-0.15, -0.1) is 0 Å². The first-order valence-electron chi connectivity index (χ1n) is 24.2. The summed E-state index contributed by atoms with van der Waals surface area (Å²) in [7, 11) is -5.72. The third-order valence-electron chi connectivity index (χ3n) is 16.0. The summed E-state index contributed by atoms with van der Waals surface area (Å²) in [5.74, 6) is -1.30. The van der Waals surface area contributed by atoms with Crippen molar-refractivity contribution >= 4 is 37.6 Å². The summed E-state index contributed by atoms with van der Waals surface area (Å²) in [6.07, 6.45) is 1.47. The Balaban J connectivity index is 1.63. The van der Waals surface area contributed by atoms with Crippen molar-refractivity contribution in [3.05, 3.63) is 59.7 Å². The van der Waals surface area contributed by atoms with Crippen LogP contribution in [0.2, 0.25) is 49.4 Å². The van der Waals surface area contributed by atoms with Gasteiger partial charge < -0.3 is 37.0 Å². The summed E-state index contributed by atoms with van der Waals surface area (Å²) >= 11 is 0. The molecule has 0 N–H and O–H groups in total. The zero-order valence-electron chi connectivity index (χ0n) is 40.2. The van der Waals surface area contributed by atoms with E-state index in [1.807, 2.05) is 18.2 Å². The molecule has 348 valence electrons. The highest BCUT2D eigenvalue weighted by Gasteiger charge is 2.75. The summed E-state index contributed by atoms with van der Waals surface area (Å²) in [5.41, 5.74) is 0.106. The topological polar surface area (TPSA) is 108 Å². The van der Waals surface area contributed by atoms with Gasteiger partial charge in [-0.1, -0.05) is 87.1 Å². The van der Waals surface area contributed by atoms with E-state index in [2.05, 4.69) is 88.9 Å². The summed E-state index contributed by atoms with van der Waals surface area (Å²) in [5, 5.41) is 0. The molecule has 0 bridgehead atoms. The number of ether oxygens (including phenoxy) is 5. The average molecular weight is 913 g/mol. The van der Waals surface area contributed by atoms with Crippen LogP contribution in [-0.2, 0) is 41.8 Å². The SMILES string of the molecule is C=CC1OC2/C(=C(\C)C(CCO[SiH](C)C)O[Si](CC)(CC)CC)C(C)(C)CC(OC(=O)c3ccccc3)C3C4(OC(=O)C5CC5)COC4CC(O[Si](CC)(CC)CC)[C@@]3(C)C2O1. The van der Waals surface area contributed by atoms with Crippen LogP contribution in [0.25, 0.3) is 0 Å². The molecule has 5 aliphatic rings. The number of rotatable bonds is 20. The molecule has 0 aromatic heterocycles. The highest BCUT2D eigenvalue weighted by atomic mass is 28.4. The van der Waals surface area contributed by atoms with Gasteiger partial charge in [-0.2, -0.15) is 0 Å². The van der Waals surface area contributed by atoms with E-state index in [1.165, 1.54) is 0 Å². The molecule has 3 aliphatic carbocycles. The van der Waals surface area contributed by atoms with E-state index >= 15 is 0 Å². The fourth-order valence-corrected chi connectivity index (χ4v) is 18.1. The van der Waals surface area contributed by atoms with Gasteiger partial charge in [0.05, 0.1) is 42.3 Å². The molecule has 62 heavy (non-hydrogen) atoms. The third-order valence-corrected chi connectivity index (χ3v) is 26.2. The van der Waals surface area contributed by atoms with E-state index in [-0.39, 0.29) is 30.7 Å². The smallest absolute Gasteiger partial charge is 0.338 e. The molecule has 2 saturated heterocycles. The number of fused-ring (bicyclic) bond motifs is 5. The van der Waals surface area contributed by atoms with Crippen molar-refractivity contribution in [2.45, 2.75) is 199 Å². The van der Waals surface area contributed by atoms with Gasteiger partial charge in [0.25, 0.3) is 0 Å². The molecule has 2 heterocycles. The van der Waals surface area contributed by atoms with Crippen molar-refractivity contribution in [3.8, 4) is 0 Å². The number of hydrogen-bond acceptors (Lipinski definition) is 10. The first-order valence-corrected chi connectivity index (χ1v) is 32.0. The largest absolute Gasteiger partial charge is 0.458 e. The minimum atomic E-state index is -2.30. The lowest BCUT2D eigenvalue weighted by atomic mass is 9.48. The van der Waals surface area contributed by atoms with Crippen LogP contribution in [0, 0.1) is 22.7 Å². The van der Waals surface area contributed by atoms with Crippen LogP contribution in [0.5, 0.6) is 0 Å². The maximum atomic E-state index is 14.6. The van der Waals surface area contributed by atoms with Crippen LogP contribution in [0.4, 0.5) is 0 Å². The summed E-state index contributed by atoms with van der Waals surface area (Å²) in [6.45, 7) is 32.0. The van der Waals surface area contributed by atoms with Gasteiger partial charge in [-0.25, -0.2) is 4.79 Å². The second-order valence-corrected chi connectivity index (χ2v) is 32.0. The van der Waals surface area contributed by atoms with Gasteiger partial charge in [-0.05, 0) is 117 Å². The van der Waals surface area contributed by atoms with Crippen LogP contribution in [0.1, 0.15) is 112 Å². The Kier molecular flexibility index (Phi) is 15.9. The van der Waals surface area contributed by atoms with Gasteiger partial charge in [0.15, 0.2) is 37.6 Å². The monoisotopic (exact) mass is 913 g/mol. The highest BCUT2D eigenvalue weighted by Crippen LogP contribution is 2.64. The Hall–Kier alpha value is -1.95. The first kappa shape index (κ1) is 49.5. The fraction of sp³-hybridized carbons (Fsp3) is 0.755. The zero-order valence-corrected chi connectivity index (χ0v) is 43.4. The molecule has 2 aliphatic heterocycles. The van der Waals surface area contributed by atoms with Crippen molar-refractivity contribution in [3.63, 3.8) is 0 Å². The van der Waals surface area contributed by atoms with Crippen LogP contribution in [-0.4, -0.2) is 99.3 Å². The molecular formula is C49H80O10Si3. The summed E-state index contributed by atoms with van der Waals surface area (Å²) in [4.78, 5) is 28.7. The molecule has 1 aromatic rings. The maximum absolute atomic E-state index is 14.6. The third kappa shape index (κ3) is 9.50. The minimum Gasteiger partial charge on any atom is -0.458 e. The van der Waals surface area contributed by atoms with Crippen LogP contribution < -0.4 is 0 Å². The van der Waals surface area contributed by atoms with E-state index in [1.54, 1.807) is 18.2 Å². The predicted molar refractivity (Wildman–Crippen MR) is 252 cm³/mol. The molecule has 10 nitrogen and oxygen atoms in total. The van der Waals surface area contributed by atoms with Crippen molar-refractivity contribution in [2.75, 3.05) is 13.2 Å². The fourth-order valence-electron chi connectivity index (χ4n) is 11.7.